The first-order valence-corrected chi connectivity index (χ1v) is 6.25. The predicted molar refractivity (Wildman–Crippen MR) is 66.3 cm³/mol. The molecule has 88 valence electrons. The summed E-state index contributed by atoms with van der Waals surface area (Å²) in [6.07, 6.45) is 4.21. The number of benzene rings is 1. The average molecular weight is 240 g/mol. The molecule has 0 heterocycles. The van der Waals surface area contributed by atoms with Crippen molar-refractivity contribution in [2.24, 2.45) is 11.7 Å². The molecule has 0 amide bonds. The van der Waals surface area contributed by atoms with E-state index in [9.17, 15) is 5.11 Å². The molecule has 1 fully saturated rings. The van der Waals surface area contributed by atoms with Gasteiger partial charge in [-0.25, -0.2) is 0 Å². The molecule has 1 aromatic rings. The molecule has 2 nitrogen and oxygen atoms in total. The first-order chi connectivity index (χ1) is 7.68. The third-order valence-electron chi connectivity index (χ3n) is 3.51. The molecular weight excluding hydrogens is 222 g/mol. The van der Waals surface area contributed by atoms with Crippen molar-refractivity contribution in [3.8, 4) is 0 Å². The summed E-state index contributed by atoms with van der Waals surface area (Å²) >= 11 is 5.82. The van der Waals surface area contributed by atoms with Gasteiger partial charge in [-0.15, -0.1) is 0 Å². The Kier molecular flexibility index (Phi) is 3.85. The predicted octanol–water partition coefficient (Wildman–Crippen LogP) is 2.89. The number of aliphatic hydroxyl groups excluding tert-OH is 1. The number of nitrogens with two attached hydrogens (primary N) is 1. The van der Waals surface area contributed by atoms with Gasteiger partial charge in [0.25, 0.3) is 0 Å². The van der Waals surface area contributed by atoms with Crippen LogP contribution in [-0.4, -0.2) is 11.2 Å². The minimum Gasteiger partial charge on any atom is -0.391 e. The van der Waals surface area contributed by atoms with Gasteiger partial charge in [0.1, 0.15) is 0 Å². The Morgan fingerprint density at radius 2 is 1.75 bits per heavy atom. The van der Waals surface area contributed by atoms with Crippen LogP contribution in [0.25, 0.3) is 0 Å². The third kappa shape index (κ3) is 2.57. The molecule has 1 aliphatic carbocycles. The SMILES string of the molecule is N[C@H](c1ccc(Cl)cc1)[C@@H](O)C1CCCC1. The van der Waals surface area contributed by atoms with Crippen LogP contribution >= 0.6 is 11.6 Å². The zero-order valence-corrected chi connectivity index (χ0v) is 10.0. The lowest BCUT2D eigenvalue weighted by molar-refractivity contribution is 0.0845. The highest BCUT2D eigenvalue weighted by Gasteiger charge is 2.28. The van der Waals surface area contributed by atoms with Crippen LogP contribution in [0.2, 0.25) is 5.02 Å². The van der Waals surface area contributed by atoms with Crippen LogP contribution in [0.5, 0.6) is 0 Å². The third-order valence-corrected chi connectivity index (χ3v) is 3.76. The van der Waals surface area contributed by atoms with Crippen LogP contribution in [0, 0.1) is 5.92 Å². The average Bonchev–Trinajstić information content (AvgIpc) is 2.81. The Balaban J connectivity index is 2.05. The van der Waals surface area contributed by atoms with E-state index in [0.29, 0.717) is 10.9 Å². The first kappa shape index (κ1) is 11.9. The van der Waals surface area contributed by atoms with Crippen molar-refractivity contribution in [3.63, 3.8) is 0 Å². The molecule has 0 saturated heterocycles. The molecule has 3 N–H and O–H groups in total. The van der Waals surface area contributed by atoms with Crippen molar-refractivity contribution in [1.82, 2.24) is 0 Å². The Morgan fingerprint density at radius 3 is 2.31 bits per heavy atom. The lowest BCUT2D eigenvalue weighted by atomic mass is 9.91. The Labute approximate surface area is 101 Å². The fourth-order valence-electron chi connectivity index (χ4n) is 2.47. The van der Waals surface area contributed by atoms with Gasteiger partial charge in [-0.05, 0) is 36.5 Å². The number of halogens is 1. The van der Waals surface area contributed by atoms with Gasteiger partial charge < -0.3 is 10.8 Å². The minimum atomic E-state index is -0.427. The molecule has 0 radical (unpaired) electrons. The van der Waals surface area contributed by atoms with E-state index in [4.69, 9.17) is 17.3 Å². The second-order valence-corrected chi connectivity index (χ2v) is 5.05. The van der Waals surface area contributed by atoms with Gasteiger partial charge in [-0.3, -0.25) is 0 Å². The summed E-state index contributed by atoms with van der Waals surface area (Å²) in [5.74, 6) is 0.366. The van der Waals surface area contributed by atoms with Crippen molar-refractivity contribution in [3.05, 3.63) is 34.9 Å². The fourth-order valence-corrected chi connectivity index (χ4v) is 2.60. The second-order valence-electron chi connectivity index (χ2n) is 4.61. The standard InChI is InChI=1S/C13H18ClNO/c14-11-7-5-9(6-8-11)12(15)13(16)10-3-1-2-4-10/h5-8,10,12-13,16H,1-4,15H2/t12-,13+/m1/s1. The van der Waals surface area contributed by atoms with E-state index >= 15 is 0 Å². The molecule has 0 spiro atoms. The molecular formula is C13H18ClNO. The molecule has 0 bridgehead atoms. The van der Waals surface area contributed by atoms with Gasteiger partial charge in [-0.1, -0.05) is 36.6 Å². The van der Waals surface area contributed by atoms with Gasteiger partial charge in [0, 0.05) is 5.02 Å². The minimum absolute atomic E-state index is 0.291. The lowest BCUT2D eigenvalue weighted by Crippen LogP contribution is -2.31. The zero-order chi connectivity index (χ0) is 11.5. The second kappa shape index (κ2) is 5.17. The van der Waals surface area contributed by atoms with E-state index in [1.807, 2.05) is 24.3 Å². The number of hydrogen-bond acceptors (Lipinski definition) is 2. The van der Waals surface area contributed by atoms with E-state index < -0.39 is 6.10 Å². The normalized spacial score (nSPS) is 20.9. The van der Waals surface area contributed by atoms with Gasteiger partial charge in [-0.2, -0.15) is 0 Å². The van der Waals surface area contributed by atoms with Crippen LogP contribution < -0.4 is 5.73 Å². The smallest absolute Gasteiger partial charge is 0.0760 e. The first-order valence-electron chi connectivity index (χ1n) is 5.87. The topological polar surface area (TPSA) is 46.2 Å². The summed E-state index contributed by atoms with van der Waals surface area (Å²) < 4.78 is 0. The van der Waals surface area contributed by atoms with Gasteiger partial charge in [0.2, 0.25) is 0 Å². The number of rotatable bonds is 3. The Hall–Kier alpha value is -0.570. The van der Waals surface area contributed by atoms with Crippen molar-refractivity contribution in [2.75, 3.05) is 0 Å². The summed E-state index contributed by atoms with van der Waals surface area (Å²) in [7, 11) is 0. The lowest BCUT2D eigenvalue weighted by Gasteiger charge is -2.24. The van der Waals surface area contributed by atoms with Crippen LogP contribution in [0.15, 0.2) is 24.3 Å². The van der Waals surface area contributed by atoms with E-state index in [-0.39, 0.29) is 6.04 Å². The van der Waals surface area contributed by atoms with Crippen molar-refractivity contribution < 1.29 is 5.11 Å². The number of hydrogen-bond donors (Lipinski definition) is 2. The fraction of sp³-hybridized carbons (Fsp3) is 0.538. The highest BCUT2D eigenvalue weighted by atomic mass is 35.5. The van der Waals surface area contributed by atoms with Crippen LogP contribution in [-0.2, 0) is 0 Å². The Morgan fingerprint density at radius 1 is 1.19 bits per heavy atom. The summed E-state index contributed by atoms with van der Waals surface area (Å²) in [6.45, 7) is 0. The molecule has 0 unspecified atom stereocenters. The maximum atomic E-state index is 10.2. The highest BCUT2D eigenvalue weighted by molar-refractivity contribution is 6.30. The number of aliphatic hydroxyl groups is 1. The molecule has 2 rings (SSSR count). The van der Waals surface area contributed by atoms with E-state index in [0.717, 1.165) is 18.4 Å². The van der Waals surface area contributed by atoms with Crippen molar-refractivity contribution in [1.29, 1.82) is 0 Å². The van der Waals surface area contributed by atoms with E-state index in [1.165, 1.54) is 12.8 Å². The molecule has 3 heteroatoms. The molecule has 0 aliphatic heterocycles. The summed E-state index contributed by atoms with van der Waals surface area (Å²) in [6, 6.07) is 7.13. The maximum Gasteiger partial charge on any atom is 0.0760 e. The molecule has 1 aliphatic rings. The van der Waals surface area contributed by atoms with Crippen molar-refractivity contribution >= 4 is 11.6 Å². The molecule has 2 atom stereocenters. The summed E-state index contributed by atoms with van der Waals surface area (Å²) in [5, 5.41) is 10.9. The zero-order valence-electron chi connectivity index (χ0n) is 9.27. The van der Waals surface area contributed by atoms with E-state index in [1.54, 1.807) is 0 Å². The summed E-state index contributed by atoms with van der Waals surface area (Å²) in [5.41, 5.74) is 7.04. The monoisotopic (exact) mass is 239 g/mol. The molecule has 16 heavy (non-hydrogen) atoms. The van der Waals surface area contributed by atoms with Gasteiger partial charge in [0.05, 0.1) is 12.1 Å². The Bertz CT molecular complexity index is 332. The van der Waals surface area contributed by atoms with Crippen LogP contribution in [0.4, 0.5) is 0 Å². The van der Waals surface area contributed by atoms with Crippen LogP contribution in [0.3, 0.4) is 0 Å². The molecule has 1 aromatic carbocycles. The van der Waals surface area contributed by atoms with Gasteiger partial charge >= 0.3 is 0 Å². The van der Waals surface area contributed by atoms with Crippen LogP contribution in [0.1, 0.15) is 37.3 Å². The van der Waals surface area contributed by atoms with E-state index in [2.05, 4.69) is 0 Å². The largest absolute Gasteiger partial charge is 0.391 e. The van der Waals surface area contributed by atoms with Gasteiger partial charge in [0.15, 0.2) is 0 Å². The highest BCUT2D eigenvalue weighted by Crippen LogP contribution is 2.32. The van der Waals surface area contributed by atoms with Crippen molar-refractivity contribution in [2.45, 2.75) is 37.8 Å². The quantitative estimate of drug-likeness (QED) is 0.852. The summed E-state index contributed by atoms with van der Waals surface area (Å²) in [4.78, 5) is 0. The molecule has 0 aromatic heterocycles. The molecule has 1 saturated carbocycles. The maximum absolute atomic E-state index is 10.2.